The molecule has 80 valence electrons. The van der Waals surface area contributed by atoms with Gasteiger partial charge in [-0.25, -0.2) is 0 Å². The second-order valence-electron chi connectivity index (χ2n) is 3.02. The Labute approximate surface area is 87.4 Å². The summed E-state index contributed by atoms with van der Waals surface area (Å²) in [7, 11) is 0. The Morgan fingerprint density at radius 1 is 1.33 bits per heavy atom. The van der Waals surface area contributed by atoms with Crippen molar-refractivity contribution in [1.29, 1.82) is 0 Å². The molecule has 1 aromatic carbocycles. The molecule has 1 rings (SSSR count). The molecule has 2 N–H and O–H groups in total. The SMILES string of the molecule is CC(=O)ONNC(=O)c1cccc(C)c1. The second kappa shape index (κ2) is 5.11. The minimum Gasteiger partial charge on any atom is -0.351 e. The summed E-state index contributed by atoms with van der Waals surface area (Å²) in [5.74, 6) is -0.889. The van der Waals surface area contributed by atoms with Crippen LogP contribution in [0.2, 0.25) is 0 Å². The smallest absolute Gasteiger partial charge is 0.324 e. The Morgan fingerprint density at radius 3 is 2.67 bits per heavy atom. The molecule has 5 heteroatoms. The third kappa shape index (κ3) is 3.78. The predicted octanol–water partition coefficient (Wildman–Crippen LogP) is 0.708. The van der Waals surface area contributed by atoms with Crippen molar-refractivity contribution < 1.29 is 14.4 Å². The zero-order valence-electron chi connectivity index (χ0n) is 8.53. The minimum atomic E-state index is -0.528. The number of carbonyl (C=O) groups excluding carboxylic acids is 2. The molecule has 0 heterocycles. The highest BCUT2D eigenvalue weighted by Crippen LogP contribution is 2.02. The Bertz CT molecular complexity index is 377. The van der Waals surface area contributed by atoms with E-state index in [0.29, 0.717) is 5.56 Å². The van der Waals surface area contributed by atoms with E-state index in [1.54, 1.807) is 18.2 Å². The summed E-state index contributed by atoms with van der Waals surface area (Å²) in [5.41, 5.74) is 5.76. The van der Waals surface area contributed by atoms with Gasteiger partial charge in [0.25, 0.3) is 5.91 Å². The summed E-state index contributed by atoms with van der Waals surface area (Å²) in [4.78, 5) is 26.1. The van der Waals surface area contributed by atoms with Crippen LogP contribution in [-0.2, 0) is 9.63 Å². The summed E-state index contributed by atoms with van der Waals surface area (Å²) in [6, 6.07) is 7.05. The first-order chi connectivity index (χ1) is 7.09. The fourth-order valence-electron chi connectivity index (χ4n) is 1.00. The molecule has 0 spiro atoms. The van der Waals surface area contributed by atoms with Gasteiger partial charge in [0.05, 0.1) is 0 Å². The summed E-state index contributed by atoms with van der Waals surface area (Å²) in [6.07, 6.45) is 0. The lowest BCUT2D eigenvalue weighted by Gasteiger charge is -2.05. The number of benzene rings is 1. The number of hydrogen-bond acceptors (Lipinski definition) is 4. The lowest BCUT2D eigenvalue weighted by atomic mass is 10.1. The molecular weight excluding hydrogens is 196 g/mol. The van der Waals surface area contributed by atoms with E-state index in [1.165, 1.54) is 6.92 Å². The normalized spacial score (nSPS) is 9.47. The third-order valence-corrected chi connectivity index (χ3v) is 1.64. The first kappa shape index (κ1) is 11.2. The van der Waals surface area contributed by atoms with Gasteiger partial charge in [-0.05, 0) is 19.1 Å². The molecule has 0 saturated carbocycles. The van der Waals surface area contributed by atoms with Crippen molar-refractivity contribution in [1.82, 2.24) is 11.0 Å². The molecule has 0 aliphatic rings. The standard InChI is InChI=1S/C10H12N2O3/c1-7-4-3-5-9(6-7)10(14)11-12-15-8(2)13/h3-6,12H,1-2H3,(H,11,14). The number of amides is 1. The largest absolute Gasteiger partial charge is 0.351 e. The van der Waals surface area contributed by atoms with E-state index in [2.05, 4.69) is 15.9 Å². The predicted molar refractivity (Wildman–Crippen MR) is 53.5 cm³/mol. The van der Waals surface area contributed by atoms with Gasteiger partial charge in [-0.1, -0.05) is 23.3 Å². The monoisotopic (exact) mass is 208 g/mol. The van der Waals surface area contributed by atoms with Gasteiger partial charge in [0.15, 0.2) is 0 Å². The molecule has 0 saturated heterocycles. The van der Waals surface area contributed by atoms with Crippen molar-refractivity contribution >= 4 is 11.9 Å². The van der Waals surface area contributed by atoms with Crippen molar-refractivity contribution in [3.8, 4) is 0 Å². The molecule has 0 aliphatic carbocycles. The maximum Gasteiger partial charge on any atom is 0.324 e. The summed E-state index contributed by atoms with van der Waals surface area (Å²) in [6.45, 7) is 3.11. The van der Waals surface area contributed by atoms with E-state index < -0.39 is 5.97 Å². The summed E-state index contributed by atoms with van der Waals surface area (Å²) < 4.78 is 0. The van der Waals surface area contributed by atoms with Crippen LogP contribution < -0.4 is 11.0 Å². The molecular formula is C10H12N2O3. The van der Waals surface area contributed by atoms with Crippen LogP contribution in [0, 0.1) is 6.92 Å². The van der Waals surface area contributed by atoms with E-state index in [1.807, 2.05) is 13.0 Å². The number of hydrazine groups is 1. The number of aryl methyl sites for hydroxylation is 1. The first-order valence-corrected chi connectivity index (χ1v) is 4.39. The lowest BCUT2D eigenvalue weighted by Crippen LogP contribution is -2.38. The van der Waals surface area contributed by atoms with Gasteiger partial charge in [0.2, 0.25) is 0 Å². The highest BCUT2D eigenvalue weighted by molar-refractivity contribution is 5.93. The van der Waals surface area contributed by atoms with Crippen LogP contribution in [0.3, 0.4) is 0 Å². The van der Waals surface area contributed by atoms with Crippen LogP contribution in [0.1, 0.15) is 22.8 Å². The molecule has 5 nitrogen and oxygen atoms in total. The average Bonchev–Trinajstić information content (AvgIpc) is 2.17. The number of rotatable bonds is 3. The molecule has 0 radical (unpaired) electrons. The van der Waals surface area contributed by atoms with Gasteiger partial charge in [-0.3, -0.25) is 15.0 Å². The third-order valence-electron chi connectivity index (χ3n) is 1.64. The van der Waals surface area contributed by atoms with Crippen LogP contribution in [-0.4, -0.2) is 11.9 Å². The first-order valence-electron chi connectivity index (χ1n) is 4.39. The molecule has 0 aliphatic heterocycles. The molecule has 0 bridgehead atoms. The highest BCUT2D eigenvalue weighted by atomic mass is 16.7. The van der Waals surface area contributed by atoms with Crippen LogP contribution in [0.4, 0.5) is 0 Å². The van der Waals surface area contributed by atoms with Gasteiger partial charge >= 0.3 is 5.97 Å². The highest BCUT2D eigenvalue weighted by Gasteiger charge is 2.04. The lowest BCUT2D eigenvalue weighted by molar-refractivity contribution is -0.150. The Balaban J connectivity index is 2.50. The molecule has 0 fully saturated rings. The van der Waals surface area contributed by atoms with E-state index >= 15 is 0 Å². The fraction of sp³-hybridized carbons (Fsp3) is 0.200. The van der Waals surface area contributed by atoms with Crippen LogP contribution >= 0.6 is 0 Å². The van der Waals surface area contributed by atoms with Crippen molar-refractivity contribution in [3.05, 3.63) is 35.4 Å². The van der Waals surface area contributed by atoms with Crippen LogP contribution in [0.25, 0.3) is 0 Å². The van der Waals surface area contributed by atoms with Gasteiger partial charge in [0.1, 0.15) is 0 Å². The number of carbonyl (C=O) groups is 2. The van der Waals surface area contributed by atoms with Crippen molar-refractivity contribution in [2.45, 2.75) is 13.8 Å². The Hall–Kier alpha value is -1.88. The number of nitrogens with one attached hydrogen (secondary N) is 2. The summed E-state index contributed by atoms with van der Waals surface area (Å²) in [5, 5.41) is 0. The Kier molecular flexibility index (Phi) is 3.82. The molecule has 0 atom stereocenters. The van der Waals surface area contributed by atoms with Gasteiger partial charge in [0, 0.05) is 12.5 Å². The number of hydrogen-bond donors (Lipinski definition) is 2. The van der Waals surface area contributed by atoms with Gasteiger partial charge < -0.3 is 4.84 Å². The van der Waals surface area contributed by atoms with E-state index in [4.69, 9.17) is 0 Å². The van der Waals surface area contributed by atoms with E-state index in [9.17, 15) is 9.59 Å². The zero-order chi connectivity index (χ0) is 11.3. The topological polar surface area (TPSA) is 67.4 Å². The molecule has 0 unspecified atom stereocenters. The van der Waals surface area contributed by atoms with E-state index in [-0.39, 0.29) is 5.91 Å². The van der Waals surface area contributed by atoms with Crippen molar-refractivity contribution in [3.63, 3.8) is 0 Å². The van der Waals surface area contributed by atoms with Crippen molar-refractivity contribution in [2.24, 2.45) is 0 Å². The van der Waals surface area contributed by atoms with Gasteiger partial charge in [-0.15, -0.1) is 0 Å². The van der Waals surface area contributed by atoms with Crippen molar-refractivity contribution in [2.75, 3.05) is 0 Å². The molecule has 1 amide bonds. The van der Waals surface area contributed by atoms with Crippen LogP contribution in [0.5, 0.6) is 0 Å². The molecule has 1 aromatic rings. The second-order valence-corrected chi connectivity index (χ2v) is 3.02. The van der Waals surface area contributed by atoms with Gasteiger partial charge in [-0.2, -0.15) is 0 Å². The van der Waals surface area contributed by atoms with Crippen LogP contribution in [0.15, 0.2) is 24.3 Å². The zero-order valence-corrected chi connectivity index (χ0v) is 8.53. The fourth-order valence-corrected chi connectivity index (χ4v) is 1.00. The maximum atomic E-state index is 11.4. The Morgan fingerprint density at radius 2 is 2.07 bits per heavy atom. The minimum absolute atomic E-state index is 0.361. The van der Waals surface area contributed by atoms with E-state index in [0.717, 1.165) is 5.56 Å². The molecule has 15 heavy (non-hydrogen) atoms. The summed E-state index contributed by atoms with van der Waals surface area (Å²) >= 11 is 0. The average molecular weight is 208 g/mol. The maximum absolute atomic E-state index is 11.4. The quantitative estimate of drug-likeness (QED) is 0.718. The molecule has 0 aromatic heterocycles.